The highest BCUT2D eigenvalue weighted by molar-refractivity contribution is 6.07. The first-order chi connectivity index (χ1) is 18.7. The second-order valence-corrected chi connectivity index (χ2v) is 10.6. The Labute approximate surface area is 226 Å². The predicted octanol–water partition coefficient (Wildman–Crippen LogP) is 5.33. The standard InChI is InChI=1S/C33H40N4O/c1-2-8-28(20-29(21-34)36-22-24-15-16-25-9-3-4-11-27(25)19-24)32-23-37(18-17-35-32)33(38)31-14-7-12-26-10-5-6-13-30(26)31/h3-7,9-16,19,28-29,32,35-36H,2,8,17-18,20-23,34H2,1H3/t28?,29?,32-/m1/s1. The average molecular weight is 509 g/mol. The molecule has 198 valence electrons. The molecule has 1 amide bonds. The van der Waals surface area contributed by atoms with E-state index in [0.717, 1.165) is 61.8 Å². The zero-order chi connectivity index (χ0) is 26.3. The predicted molar refractivity (Wildman–Crippen MR) is 158 cm³/mol. The molecule has 4 N–H and O–H groups in total. The minimum Gasteiger partial charge on any atom is -0.336 e. The molecule has 5 heteroatoms. The van der Waals surface area contributed by atoms with Gasteiger partial charge in [-0.1, -0.05) is 86.1 Å². The first-order valence-electron chi connectivity index (χ1n) is 14.1. The maximum atomic E-state index is 13.6. The molecular formula is C33H40N4O. The quantitative estimate of drug-likeness (QED) is 0.271. The van der Waals surface area contributed by atoms with Crippen LogP contribution in [0.3, 0.4) is 0 Å². The first kappa shape index (κ1) is 26.4. The molecule has 0 saturated carbocycles. The van der Waals surface area contributed by atoms with Gasteiger partial charge in [0.15, 0.2) is 0 Å². The fourth-order valence-electron chi connectivity index (χ4n) is 5.95. The van der Waals surface area contributed by atoms with Gasteiger partial charge in [-0.3, -0.25) is 4.79 Å². The van der Waals surface area contributed by atoms with Gasteiger partial charge < -0.3 is 21.3 Å². The van der Waals surface area contributed by atoms with Crippen LogP contribution in [0.15, 0.2) is 84.9 Å². The number of piperazine rings is 1. The normalized spacial score (nSPS) is 17.5. The lowest BCUT2D eigenvalue weighted by molar-refractivity contribution is 0.0666. The van der Waals surface area contributed by atoms with E-state index in [1.165, 1.54) is 16.3 Å². The molecule has 0 aliphatic carbocycles. The summed E-state index contributed by atoms with van der Waals surface area (Å²) in [5.74, 6) is 0.578. The molecule has 38 heavy (non-hydrogen) atoms. The SMILES string of the molecule is CCCC(CC(CN)NCc1ccc2ccccc2c1)[C@H]1CN(C(=O)c2cccc3ccccc23)CCN1. The third kappa shape index (κ3) is 6.07. The number of carbonyl (C=O) groups excluding carboxylic acids is 1. The Bertz CT molecular complexity index is 1360. The highest BCUT2D eigenvalue weighted by Crippen LogP contribution is 2.24. The minimum atomic E-state index is 0.133. The Morgan fingerprint density at radius 2 is 1.76 bits per heavy atom. The maximum absolute atomic E-state index is 13.6. The number of hydrogen-bond donors (Lipinski definition) is 3. The van der Waals surface area contributed by atoms with E-state index in [1.807, 2.05) is 29.2 Å². The van der Waals surface area contributed by atoms with Crippen LogP contribution in [0, 0.1) is 5.92 Å². The lowest BCUT2D eigenvalue weighted by atomic mass is 9.86. The van der Waals surface area contributed by atoms with Crippen LogP contribution in [0.1, 0.15) is 42.1 Å². The average Bonchev–Trinajstić information content (AvgIpc) is 2.98. The van der Waals surface area contributed by atoms with Gasteiger partial charge in [-0.2, -0.15) is 0 Å². The molecule has 1 saturated heterocycles. The molecule has 0 radical (unpaired) electrons. The van der Waals surface area contributed by atoms with Gasteiger partial charge in [0.25, 0.3) is 5.91 Å². The monoisotopic (exact) mass is 508 g/mol. The van der Waals surface area contributed by atoms with E-state index in [0.29, 0.717) is 12.5 Å². The zero-order valence-corrected chi connectivity index (χ0v) is 22.4. The molecule has 1 aliphatic rings. The molecule has 3 atom stereocenters. The van der Waals surface area contributed by atoms with E-state index in [9.17, 15) is 4.79 Å². The van der Waals surface area contributed by atoms with Crippen LogP contribution in [0.4, 0.5) is 0 Å². The summed E-state index contributed by atoms with van der Waals surface area (Å²) in [7, 11) is 0. The van der Waals surface area contributed by atoms with Gasteiger partial charge in [0.2, 0.25) is 0 Å². The van der Waals surface area contributed by atoms with Crippen molar-refractivity contribution >= 4 is 27.5 Å². The molecule has 0 aromatic heterocycles. The number of hydrogen-bond acceptors (Lipinski definition) is 4. The van der Waals surface area contributed by atoms with E-state index in [4.69, 9.17) is 5.73 Å². The number of benzene rings is 4. The van der Waals surface area contributed by atoms with E-state index >= 15 is 0 Å². The van der Waals surface area contributed by atoms with Gasteiger partial charge >= 0.3 is 0 Å². The smallest absolute Gasteiger partial charge is 0.254 e. The molecule has 5 rings (SSSR count). The van der Waals surface area contributed by atoms with Crippen LogP contribution in [-0.2, 0) is 6.54 Å². The summed E-state index contributed by atoms with van der Waals surface area (Å²) in [6, 6.07) is 29.8. The first-order valence-corrected chi connectivity index (χ1v) is 14.1. The van der Waals surface area contributed by atoms with E-state index < -0.39 is 0 Å². The van der Waals surface area contributed by atoms with E-state index in [1.54, 1.807) is 0 Å². The second kappa shape index (κ2) is 12.5. The number of nitrogens with one attached hydrogen (secondary N) is 2. The summed E-state index contributed by atoms with van der Waals surface area (Å²) in [6.45, 7) is 5.93. The number of nitrogens with two attached hydrogens (primary N) is 1. The molecule has 1 heterocycles. The van der Waals surface area contributed by atoms with Crippen molar-refractivity contribution in [2.24, 2.45) is 11.7 Å². The van der Waals surface area contributed by atoms with Crippen molar-refractivity contribution in [2.75, 3.05) is 26.2 Å². The van der Waals surface area contributed by atoms with Crippen molar-refractivity contribution in [1.82, 2.24) is 15.5 Å². The van der Waals surface area contributed by atoms with Crippen molar-refractivity contribution in [3.63, 3.8) is 0 Å². The molecular weight excluding hydrogens is 468 g/mol. The number of amides is 1. The number of nitrogens with zero attached hydrogens (tertiary/aromatic N) is 1. The van der Waals surface area contributed by atoms with Crippen LogP contribution >= 0.6 is 0 Å². The van der Waals surface area contributed by atoms with Crippen LogP contribution in [0.2, 0.25) is 0 Å². The van der Waals surface area contributed by atoms with Crippen molar-refractivity contribution < 1.29 is 4.79 Å². The van der Waals surface area contributed by atoms with E-state index in [-0.39, 0.29) is 18.0 Å². The highest BCUT2D eigenvalue weighted by atomic mass is 16.2. The summed E-state index contributed by atoms with van der Waals surface area (Å²) in [6.07, 6.45) is 3.22. The van der Waals surface area contributed by atoms with Crippen LogP contribution in [0.25, 0.3) is 21.5 Å². The Kier molecular flexibility index (Phi) is 8.69. The fourth-order valence-corrected chi connectivity index (χ4v) is 5.95. The van der Waals surface area contributed by atoms with Gasteiger partial charge in [-0.15, -0.1) is 0 Å². The molecule has 0 spiro atoms. The molecule has 0 bridgehead atoms. The highest BCUT2D eigenvalue weighted by Gasteiger charge is 2.31. The van der Waals surface area contributed by atoms with E-state index in [2.05, 4.69) is 78.2 Å². The Balaban J connectivity index is 1.24. The van der Waals surface area contributed by atoms with Crippen molar-refractivity contribution in [2.45, 2.75) is 44.8 Å². The Morgan fingerprint density at radius 1 is 1.00 bits per heavy atom. The van der Waals surface area contributed by atoms with Crippen LogP contribution in [-0.4, -0.2) is 49.1 Å². The Morgan fingerprint density at radius 3 is 2.58 bits per heavy atom. The second-order valence-electron chi connectivity index (χ2n) is 10.6. The molecule has 1 aliphatic heterocycles. The fraction of sp³-hybridized carbons (Fsp3) is 0.364. The van der Waals surface area contributed by atoms with Gasteiger partial charge in [0.1, 0.15) is 0 Å². The number of carbonyl (C=O) groups is 1. The van der Waals surface area contributed by atoms with Crippen LogP contribution in [0.5, 0.6) is 0 Å². The van der Waals surface area contributed by atoms with Crippen molar-refractivity contribution in [3.05, 3.63) is 96.1 Å². The molecule has 4 aromatic carbocycles. The lowest BCUT2D eigenvalue weighted by Crippen LogP contribution is -2.56. The summed E-state index contributed by atoms with van der Waals surface area (Å²) < 4.78 is 0. The molecule has 1 fully saturated rings. The maximum Gasteiger partial charge on any atom is 0.254 e. The number of fused-ring (bicyclic) bond motifs is 2. The summed E-state index contributed by atoms with van der Waals surface area (Å²) >= 11 is 0. The third-order valence-electron chi connectivity index (χ3n) is 8.02. The lowest BCUT2D eigenvalue weighted by Gasteiger charge is -2.39. The van der Waals surface area contributed by atoms with Crippen molar-refractivity contribution in [3.8, 4) is 0 Å². The zero-order valence-electron chi connectivity index (χ0n) is 22.4. The largest absolute Gasteiger partial charge is 0.336 e. The van der Waals surface area contributed by atoms with Gasteiger partial charge in [-0.05, 0) is 58.0 Å². The van der Waals surface area contributed by atoms with Crippen LogP contribution < -0.4 is 16.4 Å². The third-order valence-corrected chi connectivity index (χ3v) is 8.02. The topological polar surface area (TPSA) is 70.4 Å². The molecule has 2 unspecified atom stereocenters. The molecule has 4 aromatic rings. The Hall–Kier alpha value is -3.25. The number of rotatable bonds is 10. The van der Waals surface area contributed by atoms with Gasteiger partial charge in [-0.25, -0.2) is 0 Å². The minimum absolute atomic E-state index is 0.133. The summed E-state index contributed by atoms with van der Waals surface area (Å²) in [4.78, 5) is 15.7. The summed E-state index contributed by atoms with van der Waals surface area (Å²) in [5, 5.41) is 12.1. The van der Waals surface area contributed by atoms with Gasteiger partial charge in [0, 0.05) is 50.4 Å². The molecule has 5 nitrogen and oxygen atoms in total. The van der Waals surface area contributed by atoms with Gasteiger partial charge in [0.05, 0.1) is 0 Å². The van der Waals surface area contributed by atoms with Crippen molar-refractivity contribution in [1.29, 1.82) is 0 Å². The summed E-state index contributed by atoms with van der Waals surface area (Å²) in [5.41, 5.74) is 8.33.